The van der Waals surface area contributed by atoms with Gasteiger partial charge in [0.15, 0.2) is 23.6 Å². The van der Waals surface area contributed by atoms with Gasteiger partial charge in [0, 0.05) is 37.7 Å². The zero-order valence-corrected chi connectivity index (χ0v) is 40.5. The molecule has 1 aliphatic heterocycles. The maximum absolute atomic E-state index is 15.5. The van der Waals surface area contributed by atoms with Gasteiger partial charge in [-0.05, 0) is 75.6 Å². The standard InChI is InChI=1S/C47H51NO14.C5H10O3/c1-25-31(60-43(56)36(52)35(28-16-10-7-11-17-28)48-41(54)29-18-12-8-13-19-29)23-47(57)40(61-42(55)30-20-14-9-15-21-30)38-45(6,32(51)22-33-46(38,24-58-33)62-27(3)50)39(53)37(59-26(2)49)34(25)44(47,4)5;1-5(2,3)8-4(6)7/h7-21,31-33,35-38,40,51-52,57H,22-24H2,1-6H3,(H,48,54);1-3H3,(H,6,7)/t31-,32-,33+,35-,36+,37+,38-,40-,45+,46-,47+;/m0./s1. The Balaban J connectivity index is 0.000000923. The predicted molar refractivity (Wildman–Crippen MR) is 247 cm³/mol. The number of carboxylic acid groups (broad SMARTS) is 1. The number of rotatable bonds is 10. The first-order chi connectivity index (χ1) is 32.7. The van der Waals surface area contributed by atoms with Gasteiger partial charge in [-0.25, -0.2) is 14.4 Å². The van der Waals surface area contributed by atoms with Crippen molar-refractivity contribution >= 4 is 41.7 Å². The molecule has 2 bridgehead atoms. The van der Waals surface area contributed by atoms with Crippen LogP contribution in [-0.2, 0) is 47.6 Å². The van der Waals surface area contributed by atoms with E-state index in [1.54, 1.807) is 113 Å². The third kappa shape index (κ3) is 10.1. The summed E-state index contributed by atoms with van der Waals surface area (Å²) in [5.41, 5.74) is -7.60. The summed E-state index contributed by atoms with van der Waals surface area (Å²) in [5.74, 6) is -6.84. The average molecular weight is 972 g/mol. The predicted octanol–water partition coefficient (Wildman–Crippen LogP) is 5.22. The number of carbonyl (C=O) groups excluding carboxylic acids is 6. The van der Waals surface area contributed by atoms with E-state index in [4.69, 9.17) is 28.8 Å². The van der Waals surface area contributed by atoms with Crippen molar-refractivity contribution in [1.29, 1.82) is 0 Å². The van der Waals surface area contributed by atoms with Crippen LogP contribution in [0.4, 0.5) is 4.79 Å². The molecule has 5 N–H and O–H groups in total. The Morgan fingerprint density at radius 1 is 0.814 bits per heavy atom. The first kappa shape index (κ1) is 52.9. The van der Waals surface area contributed by atoms with E-state index in [1.807, 2.05) is 0 Å². The summed E-state index contributed by atoms with van der Waals surface area (Å²) in [6, 6.07) is 22.9. The highest BCUT2D eigenvalue weighted by Crippen LogP contribution is 2.64. The fourth-order valence-corrected chi connectivity index (χ4v) is 10.4. The molecule has 3 aromatic carbocycles. The van der Waals surface area contributed by atoms with Gasteiger partial charge in [-0.2, -0.15) is 0 Å². The van der Waals surface area contributed by atoms with Crippen LogP contribution in [0.2, 0.25) is 0 Å². The minimum absolute atomic E-state index is 0.00289. The number of ketones is 1. The summed E-state index contributed by atoms with van der Waals surface area (Å²) in [7, 11) is 0. The van der Waals surface area contributed by atoms with Crippen LogP contribution >= 0.6 is 0 Å². The van der Waals surface area contributed by atoms with Crippen LogP contribution in [0.15, 0.2) is 102 Å². The number of aliphatic hydroxyl groups is 3. The van der Waals surface area contributed by atoms with Crippen molar-refractivity contribution in [2.24, 2.45) is 16.7 Å². The van der Waals surface area contributed by atoms with Gasteiger partial charge in [-0.3, -0.25) is 19.2 Å². The number of aliphatic hydroxyl groups excluding tert-OH is 2. The Bertz CT molecular complexity index is 2500. The third-order valence-corrected chi connectivity index (χ3v) is 13.9. The lowest BCUT2D eigenvalue weighted by Gasteiger charge is -2.67. The molecule has 2 saturated carbocycles. The van der Waals surface area contributed by atoms with Crippen molar-refractivity contribution < 1.29 is 82.4 Å². The number of Topliss-reactive ketones (excluding diaryl/α,β-unsaturated/α-hetero) is 1. The van der Waals surface area contributed by atoms with E-state index in [9.17, 15) is 44.1 Å². The molecule has 1 amide bonds. The van der Waals surface area contributed by atoms with E-state index in [0.29, 0.717) is 5.56 Å². The van der Waals surface area contributed by atoms with Crippen LogP contribution in [0.3, 0.4) is 0 Å². The summed E-state index contributed by atoms with van der Waals surface area (Å²) in [6.07, 6.45) is -11.7. The second-order valence-corrected chi connectivity index (χ2v) is 19.8. The summed E-state index contributed by atoms with van der Waals surface area (Å²) in [5, 5.41) is 48.3. The molecule has 1 heterocycles. The van der Waals surface area contributed by atoms with Crippen LogP contribution < -0.4 is 5.32 Å². The number of fused-ring (bicyclic) bond motifs is 5. The molecule has 4 aliphatic rings. The number of hydrogen-bond acceptors (Lipinski definition) is 16. The van der Waals surface area contributed by atoms with Crippen LogP contribution in [0.25, 0.3) is 0 Å². The Morgan fingerprint density at radius 3 is 1.86 bits per heavy atom. The zero-order valence-electron chi connectivity index (χ0n) is 40.5. The molecule has 18 nitrogen and oxygen atoms in total. The molecule has 0 spiro atoms. The van der Waals surface area contributed by atoms with Crippen LogP contribution in [-0.4, -0.2) is 122 Å². The highest BCUT2D eigenvalue weighted by atomic mass is 16.7. The number of benzene rings is 3. The quantitative estimate of drug-likeness (QED) is 0.0991. The molecule has 7 rings (SSSR count). The second-order valence-electron chi connectivity index (χ2n) is 19.8. The smallest absolute Gasteiger partial charge is 0.456 e. The first-order valence-electron chi connectivity index (χ1n) is 22.8. The molecule has 70 heavy (non-hydrogen) atoms. The van der Waals surface area contributed by atoms with Gasteiger partial charge in [0.25, 0.3) is 5.91 Å². The number of ether oxygens (including phenoxy) is 6. The topological polar surface area (TPSA) is 268 Å². The molecule has 0 radical (unpaired) electrons. The Labute approximate surface area is 405 Å². The normalized spacial score (nSPS) is 29.5. The molecule has 376 valence electrons. The molecular formula is C52H61NO17. The Hall–Kier alpha value is -6.47. The van der Waals surface area contributed by atoms with E-state index in [1.165, 1.54) is 26.0 Å². The zero-order chi connectivity index (χ0) is 51.7. The molecule has 1 saturated heterocycles. The second kappa shape index (κ2) is 20.1. The summed E-state index contributed by atoms with van der Waals surface area (Å²) in [4.78, 5) is 93.2. The molecule has 3 fully saturated rings. The fraction of sp³-hybridized carbons (Fsp3) is 0.481. The number of nitrogens with one attached hydrogen (secondary N) is 1. The van der Waals surface area contributed by atoms with Crippen LogP contribution in [0.1, 0.15) is 107 Å². The number of carbonyl (C=O) groups is 7. The van der Waals surface area contributed by atoms with E-state index in [-0.39, 0.29) is 35.3 Å². The Kier molecular flexibility index (Phi) is 15.2. The lowest BCUT2D eigenvalue weighted by molar-refractivity contribution is -0.346. The minimum atomic E-state index is -2.39. The maximum Gasteiger partial charge on any atom is 0.506 e. The van der Waals surface area contributed by atoms with Crippen molar-refractivity contribution in [3.05, 3.63) is 119 Å². The molecule has 0 aromatic heterocycles. The third-order valence-electron chi connectivity index (χ3n) is 13.9. The van der Waals surface area contributed by atoms with E-state index in [2.05, 4.69) is 10.1 Å². The van der Waals surface area contributed by atoms with Gasteiger partial charge in [0.1, 0.15) is 29.5 Å². The molecule has 0 unspecified atom stereocenters. The fourth-order valence-electron chi connectivity index (χ4n) is 10.4. The first-order valence-corrected chi connectivity index (χ1v) is 22.8. The SMILES string of the molecule is CC(=O)O[C@H]1C(=O)[C@@]2(C)[C@H]([C@H](OC(=O)c3ccccc3)[C@]3(O)C[C@H](OC(=O)[C@H](O)[C@@H](NC(=O)c4ccccc4)c4ccccc4)C(C)=C1C3(C)C)[C@]1(OC(C)=O)CO[C@@H]1C[C@@H]2O.CC(C)(C)OC(=O)O. The lowest BCUT2D eigenvalue weighted by atomic mass is 9.44. The number of hydrogen-bond donors (Lipinski definition) is 5. The van der Waals surface area contributed by atoms with Crippen molar-refractivity contribution in [3.8, 4) is 0 Å². The van der Waals surface area contributed by atoms with Crippen molar-refractivity contribution in [2.75, 3.05) is 6.61 Å². The van der Waals surface area contributed by atoms with E-state index >= 15 is 4.79 Å². The van der Waals surface area contributed by atoms with E-state index in [0.717, 1.165) is 13.8 Å². The highest BCUT2D eigenvalue weighted by molar-refractivity contribution is 5.96. The molecule has 3 aromatic rings. The maximum atomic E-state index is 15.5. The van der Waals surface area contributed by atoms with Gasteiger partial charge < -0.3 is 54.2 Å². The lowest BCUT2D eigenvalue weighted by Crippen LogP contribution is -2.82. The highest BCUT2D eigenvalue weighted by Gasteiger charge is 2.78. The van der Waals surface area contributed by atoms with Gasteiger partial charge in [0.05, 0.1) is 35.6 Å². The van der Waals surface area contributed by atoms with Gasteiger partial charge in [-0.1, -0.05) is 80.6 Å². The van der Waals surface area contributed by atoms with Crippen molar-refractivity contribution in [1.82, 2.24) is 5.32 Å². The Morgan fingerprint density at radius 2 is 1.37 bits per heavy atom. The molecular weight excluding hydrogens is 911 g/mol. The number of amides is 1. The molecule has 18 heteroatoms. The van der Waals surface area contributed by atoms with Gasteiger partial charge in [0.2, 0.25) is 0 Å². The van der Waals surface area contributed by atoms with Crippen molar-refractivity contribution in [3.63, 3.8) is 0 Å². The summed E-state index contributed by atoms with van der Waals surface area (Å²) < 4.78 is 34.6. The average Bonchev–Trinajstić information content (AvgIpc) is 3.28. The van der Waals surface area contributed by atoms with Crippen molar-refractivity contribution in [2.45, 2.75) is 135 Å². The van der Waals surface area contributed by atoms with Crippen LogP contribution in [0, 0.1) is 16.7 Å². The monoisotopic (exact) mass is 971 g/mol. The minimum Gasteiger partial charge on any atom is -0.456 e. The summed E-state index contributed by atoms with van der Waals surface area (Å²) >= 11 is 0. The van der Waals surface area contributed by atoms with Gasteiger partial charge >= 0.3 is 30.0 Å². The summed E-state index contributed by atoms with van der Waals surface area (Å²) in [6.45, 7) is 13.0. The van der Waals surface area contributed by atoms with Gasteiger partial charge in [-0.15, -0.1) is 0 Å². The largest absolute Gasteiger partial charge is 0.506 e. The van der Waals surface area contributed by atoms with Crippen LogP contribution in [0.5, 0.6) is 0 Å². The number of esters is 4. The van der Waals surface area contributed by atoms with E-state index < -0.39 is 124 Å². The molecule has 3 aliphatic carbocycles. The molecule has 11 atom stereocenters.